The highest BCUT2D eigenvalue weighted by molar-refractivity contribution is 5.81. The van der Waals surface area contributed by atoms with Crippen LogP contribution in [0.2, 0.25) is 0 Å². The van der Waals surface area contributed by atoms with E-state index in [1.807, 2.05) is 0 Å². The zero-order valence-electron chi connectivity index (χ0n) is 11.6. The highest BCUT2D eigenvalue weighted by atomic mass is 19.4. The molecule has 0 radical (unpaired) electrons. The van der Waals surface area contributed by atoms with Gasteiger partial charge >= 0.3 is 6.18 Å². The Kier molecular flexibility index (Phi) is 4.55. The summed E-state index contributed by atoms with van der Waals surface area (Å²) in [4.78, 5) is 0. The Hall–Kier alpha value is -2.70. The summed E-state index contributed by atoms with van der Waals surface area (Å²) >= 11 is 0. The van der Waals surface area contributed by atoms with Gasteiger partial charge in [0.15, 0.2) is 11.5 Å². The van der Waals surface area contributed by atoms with Crippen molar-refractivity contribution in [2.24, 2.45) is 5.10 Å². The van der Waals surface area contributed by atoms with Crippen molar-refractivity contribution in [2.45, 2.75) is 6.18 Å². The summed E-state index contributed by atoms with van der Waals surface area (Å²) in [5, 5.41) is 13.3. The first-order valence-corrected chi connectivity index (χ1v) is 6.23. The minimum Gasteiger partial charge on any atom is -0.504 e. The molecule has 0 saturated heterocycles. The Morgan fingerprint density at radius 3 is 2.64 bits per heavy atom. The number of phenols is 1. The number of aromatic hydroxyl groups is 1. The molecular weight excluding hydrogens is 297 g/mol. The molecule has 0 saturated carbocycles. The zero-order chi connectivity index (χ0) is 16.2. The van der Waals surface area contributed by atoms with E-state index in [-0.39, 0.29) is 17.2 Å². The van der Waals surface area contributed by atoms with Gasteiger partial charge in [-0.15, -0.1) is 0 Å². The van der Waals surface area contributed by atoms with Gasteiger partial charge in [-0.05, 0) is 42.0 Å². The molecule has 0 amide bonds. The van der Waals surface area contributed by atoms with Gasteiger partial charge in [0.25, 0.3) is 0 Å². The van der Waals surface area contributed by atoms with Crippen LogP contribution in [0.3, 0.4) is 0 Å². The summed E-state index contributed by atoms with van der Waals surface area (Å²) in [7, 11) is 1.41. The van der Waals surface area contributed by atoms with Gasteiger partial charge in [-0.2, -0.15) is 18.3 Å². The lowest BCUT2D eigenvalue weighted by Gasteiger charge is -2.08. The molecule has 0 unspecified atom stereocenters. The maximum atomic E-state index is 12.6. The molecule has 4 nitrogen and oxygen atoms in total. The molecule has 2 aromatic rings. The molecule has 7 heteroatoms. The van der Waals surface area contributed by atoms with Gasteiger partial charge < -0.3 is 9.84 Å². The number of halogens is 3. The topological polar surface area (TPSA) is 53.8 Å². The van der Waals surface area contributed by atoms with E-state index in [4.69, 9.17) is 4.74 Å². The smallest absolute Gasteiger partial charge is 0.416 e. The van der Waals surface area contributed by atoms with Crippen molar-refractivity contribution in [3.05, 3.63) is 53.6 Å². The van der Waals surface area contributed by atoms with Crippen molar-refractivity contribution < 1.29 is 23.0 Å². The average molecular weight is 310 g/mol. The Bertz CT molecular complexity index is 685. The number of anilines is 1. The lowest BCUT2D eigenvalue weighted by molar-refractivity contribution is -0.137. The van der Waals surface area contributed by atoms with Gasteiger partial charge in [0.1, 0.15) is 0 Å². The van der Waals surface area contributed by atoms with Crippen molar-refractivity contribution in [2.75, 3.05) is 12.5 Å². The lowest BCUT2D eigenvalue weighted by atomic mass is 10.2. The summed E-state index contributed by atoms with van der Waals surface area (Å²) in [6, 6.07) is 9.30. The predicted octanol–water partition coefficient (Wildman–Crippen LogP) is 3.87. The molecule has 0 bridgehead atoms. The molecular formula is C15H13F3N2O2. The van der Waals surface area contributed by atoms with E-state index in [9.17, 15) is 18.3 Å². The van der Waals surface area contributed by atoms with E-state index < -0.39 is 11.7 Å². The van der Waals surface area contributed by atoms with Crippen LogP contribution in [0.4, 0.5) is 18.9 Å². The van der Waals surface area contributed by atoms with Gasteiger partial charge in [0.2, 0.25) is 0 Å². The summed E-state index contributed by atoms with van der Waals surface area (Å²) in [6.07, 6.45) is -2.99. The number of rotatable bonds is 4. The first kappa shape index (κ1) is 15.7. The van der Waals surface area contributed by atoms with E-state index in [2.05, 4.69) is 10.5 Å². The van der Waals surface area contributed by atoms with Gasteiger partial charge in [-0.1, -0.05) is 6.07 Å². The summed E-state index contributed by atoms with van der Waals surface area (Å²) in [5.74, 6) is 0.272. The highest BCUT2D eigenvalue weighted by Gasteiger charge is 2.30. The summed E-state index contributed by atoms with van der Waals surface area (Å²) in [6.45, 7) is 0. The van der Waals surface area contributed by atoms with Crippen molar-refractivity contribution in [1.29, 1.82) is 0 Å². The second-order valence-corrected chi connectivity index (χ2v) is 4.38. The molecule has 0 aliphatic carbocycles. The largest absolute Gasteiger partial charge is 0.504 e. The van der Waals surface area contributed by atoms with Crippen LogP contribution in [-0.4, -0.2) is 18.4 Å². The number of methoxy groups -OCH3 is 1. The monoisotopic (exact) mass is 310 g/mol. The van der Waals surface area contributed by atoms with E-state index in [1.54, 1.807) is 12.1 Å². The maximum Gasteiger partial charge on any atom is 0.416 e. The third-order valence-corrected chi connectivity index (χ3v) is 2.80. The van der Waals surface area contributed by atoms with Crippen LogP contribution in [0, 0.1) is 0 Å². The van der Waals surface area contributed by atoms with Crippen LogP contribution in [0.15, 0.2) is 47.6 Å². The Morgan fingerprint density at radius 2 is 1.95 bits per heavy atom. The lowest BCUT2D eigenvalue weighted by Crippen LogP contribution is -2.05. The van der Waals surface area contributed by atoms with Gasteiger partial charge in [0, 0.05) is 0 Å². The number of hydrogen-bond donors (Lipinski definition) is 2. The second kappa shape index (κ2) is 6.38. The molecule has 22 heavy (non-hydrogen) atoms. The first-order chi connectivity index (χ1) is 10.4. The number of hydrazone groups is 1. The van der Waals surface area contributed by atoms with E-state index in [0.29, 0.717) is 5.56 Å². The summed E-state index contributed by atoms with van der Waals surface area (Å²) in [5.41, 5.74) is 2.61. The van der Waals surface area contributed by atoms with Gasteiger partial charge in [-0.25, -0.2) is 0 Å². The Labute approximate surface area is 124 Å². The van der Waals surface area contributed by atoms with E-state index in [1.165, 1.54) is 31.5 Å². The number of hydrogen-bond acceptors (Lipinski definition) is 4. The van der Waals surface area contributed by atoms with Crippen LogP contribution in [0.25, 0.3) is 0 Å². The van der Waals surface area contributed by atoms with Crippen LogP contribution in [0.1, 0.15) is 11.1 Å². The van der Waals surface area contributed by atoms with Crippen molar-refractivity contribution in [3.8, 4) is 11.5 Å². The highest BCUT2D eigenvalue weighted by Crippen LogP contribution is 2.30. The first-order valence-electron chi connectivity index (χ1n) is 6.23. The Morgan fingerprint density at radius 1 is 1.18 bits per heavy atom. The summed E-state index contributed by atoms with van der Waals surface area (Å²) < 4.78 is 42.7. The number of nitrogens with zero attached hydrogens (tertiary/aromatic N) is 1. The predicted molar refractivity (Wildman–Crippen MR) is 77.3 cm³/mol. The number of benzene rings is 2. The van der Waals surface area contributed by atoms with Crippen LogP contribution >= 0.6 is 0 Å². The standard InChI is InChI=1S/C15H13F3N2O2/c1-22-14-7-10(5-6-13(14)21)9-19-20-12-4-2-3-11(8-12)15(16,17)18/h2-9,20-21H,1H3/b19-9+. The van der Waals surface area contributed by atoms with Crippen molar-refractivity contribution >= 4 is 11.9 Å². The SMILES string of the molecule is COc1cc(/C=N/Nc2cccc(C(F)(F)F)c2)ccc1O. The zero-order valence-corrected chi connectivity index (χ0v) is 11.6. The molecule has 2 aromatic carbocycles. The molecule has 2 rings (SSSR count). The molecule has 2 N–H and O–H groups in total. The molecule has 0 fully saturated rings. The minimum absolute atomic E-state index is 0.00881. The quantitative estimate of drug-likeness (QED) is 0.666. The molecule has 116 valence electrons. The maximum absolute atomic E-state index is 12.6. The average Bonchev–Trinajstić information content (AvgIpc) is 2.48. The van der Waals surface area contributed by atoms with Gasteiger partial charge in [-0.3, -0.25) is 5.43 Å². The van der Waals surface area contributed by atoms with Crippen LogP contribution in [0.5, 0.6) is 11.5 Å². The van der Waals surface area contributed by atoms with Crippen molar-refractivity contribution in [3.63, 3.8) is 0 Å². The third kappa shape index (κ3) is 3.91. The molecule has 0 heterocycles. The fraction of sp³-hybridized carbons (Fsp3) is 0.133. The number of nitrogens with one attached hydrogen (secondary N) is 1. The molecule has 0 aliphatic rings. The van der Waals surface area contributed by atoms with Crippen LogP contribution < -0.4 is 10.2 Å². The van der Waals surface area contributed by atoms with Gasteiger partial charge in [0.05, 0.1) is 24.6 Å². The molecule has 0 aliphatic heterocycles. The van der Waals surface area contributed by atoms with E-state index >= 15 is 0 Å². The molecule has 0 aromatic heterocycles. The molecule has 0 atom stereocenters. The fourth-order valence-corrected chi connectivity index (χ4v) is 1.72. The normalized spacial score (nSPS) is 11.6. The third-order valence-electron chi connectivity index (χ3n) is 2.80. The van der Waals surface area contributed by atoms with Crippen molar-refractivity contribution in [1.82, 2.24) is 0 Å². The fourth-order valence-electron chi connectivity index (χ4n) is 1.72. The number of ether oxygens (including phenoxy) is 1. The van der Waals surface area contributed by atoms with E-state index in [0.717, 1.165) is 12.1 Å². The number of phenolic OH excluding ortho intramolecular Hbond substituents is 1. The number of alkyl halides is 3. The van der Waals surface area contributed by atoms with Crippen LogP contribution in [-0.2, 0) is 6.18 Å². The minimum atomic E-state index is -4.40. The molecule has 0 spiro atoms. The second-order valence-electron chi connectivity index (χ2n) is 4.38. The Balaban J connectivity index is 2.10.